The number of nitrogens with one attached hydrogen (secondary N) is 1. The Balaban J connectivity index is 2.05. The van der Waals surface area contributed by atoms with E-state index in [0.717, 1.165) is 0 Å². The van der Waals surface area contributed by atoms with Crippen LogP contribution in [0.3, 0.4) is 0 Å². The van der Waals surface area contributed by atoms with Crippen molar-refractivity contribution < 1.29 is 17.9 Å². The van der Waals surface area contributed by atoms with Crippen LogP contribution in [0.4, 0.5) is 5.69 Å². The summed E-state index contributed by atoms with van der Waals surface area (Å²) in [6.45, 7) is 1.40. The number of carbonyl (C=O) groups excluding carboxylic acids is 1. The van der Waals surface area contributed by atoms with Crippen LogP contribution in [0.2, 0.25) is 0 Å². The number of ether oxygens (including phenoxy) is 1. The molecule has 1 amide bonds. The number of hydrogen-bond donors (Lipinski definition) is 1. The van der Waals surface area contributed by atoms with E-state index in [4.69, 9.17) is 4.74 Å². The fourth-order valence-corrected chi connectivity index (χ4v) is 3.64. The van der Waals surface area contributed by atoms with Crippen molar-refractivity contribution in [2.75, 3.05) is 36.9 Å². The van der Waals surface area contributed by atoms with Crippen molar-refractivity contribution in [2.45, 2.75) is 6.42 Å². The second-order valence-electron chi connectivity index (χ2n) is 4.54. The van der Waals surface area contributed by atoms with E-state index in [0.29, 0.717) is 37.4 Å². The number of sulfonamides is 1. The Kier molecular flexibility index (Phi) is 4.61. The van der Waals surface area contributed by atoms with E-state index in [-0.39, 0.29) is 11.7 Å². The number of rotatable bonds is 5. The second-order valence-corrected chi connectivity index (χ2v) is 6.55. The molecule has 1 heterocycles. The Bertz CT molecular complexity index is 569. The third-order valence-corrected chi connectivity index (χ3v) is 4.98. The molecule has 1 saturated heterocycles. The van der Waals surface area contributed by atoms with E-state index in [1.165, 1.54) is 4.31 Å². The number of amides is 1. The molecule has 2 rings (SSSR count). The molecule has 7 heteroatoms. The molecule has 0 bridgehead atoms. The van der Waals surface area contributed by atoms with E-state index in [2.05, 4.69) is 5.32 Å². The Morgan fingerprint density at radius 2 is 2.05 bits per heavy atom. The molecule has 1 aliphatic rings. The van der Waals surface area contributed by atoms with E-state index < -0.39 is 10.0 Å². The fourth-order valence-electron chi connectivity index (χ4n) is 2.08. The lowest BCUT2D eigenvalue weighted by molar-refractivity contribution is 0.0937. The van der Waals surface area contributed by atoms with Crippen molar-refractivity contribution in [3.63, 3.8) is 0 Å². The first kappa shape index (κ1) is 14.8. The van der Waals surface area contributed by atoms with Crippen molar-refractivity contribution in [2.24, 2.45) is 0 Å². The molecule has 0 radical (unpaired) electrons. The summed E-state index contributed by atoms with van der Waals surface area (Å²) in [5.41, 5.74) is 1.11. The van der Waals surface area contributed by atoms with Gasteiger partial charge in [-0.05, 0) is 30.7 Å². The number of nitrogens with zero attached hydrogens (tertiary/aromatic N) is 1. The van der Waals surface area contributed by atoms with Gasteiger partial charge in [-0.1, -0.05) is 0 Å². The molecule has 1 fully saturated rings. The monoisotopic (exact) mass is 298 g/mol. The number of methoxy groups -OCH3 is 1. The lowest BCUT2D eigenvalue weighted by Gasteiger charge is -2.17. The van der Waals surface area contributed by atoms with Gasteiger partial charge in [0.25, 0.3) is 5.91 Å². The van der Waals surface area contributed by atoms with Crippen LogP contribution in [0, 0.1) is 0 Å². The summed E-state index contributed by atoms with van der Waals surface area (Å²) in [7, 11) is -1.61. The molecular weight excluding hydrogens is 280 g/mol. The maximum atomic E-state index is 11.8. The highest BCUT2D eigenvalue weighted by Crippen LogP contribution is 2.24. The van der Waals surface area contributed by atoms with Crippen molar-refractivity contribution in [1.29, 1.82) is 0 Å². The fraction of sp³-hybridized carbons (Fsp3) is 0.462. The number of benzene rings is 1. The SMILES string of the molecule is COCCNC(=O)c1ccc(N2CCCS2(=O)=O)cc1. The van der Waals surface area contributed by atoms with Crippen LogP contribution in [0.1, 0.15) is 16.8 Å². The molecule has 1 aliphatic heterocycles. The first-order valence-corrected chi connectivity index (χ1v) is 8.03. The topological polar surface area (TPSA) is 75.7 Å². The van der Waals surface area contributed by atoms with Crippen molar-refractivity contribution in [1.82, 2.24) is 5.32 Å². The van der Waals surface area contributed by atoms with Gasteiger partial charge in [-0.3, -0.25) is 9.10 Å². The van der Waals surface area contributed by atoms with Gasteiger partial charge in [-0.2, -0.15) is 0 Å². The minimum absolute atomic E-state index is 0.187. The normalized spacial score (nSPS) is 17.1. The molecule has 1 aromatic carbocycles. The summed E-state index contributed by atoms with van der Waals surface area (Å²) in [5.74, 6) is -0.00965. The lowest BCUT2D eigenvalue weighted by atomic mass is 10.2. The Morgan fingerprint density at radius 3 is 2.60 bits per heavy atom. The molecule has 1 N–H and O–H groups in total. The predicted octanol–water partition coefficient (Wildman–Crippen LogP) is 0.603. The number of anilines is 1. The van der Waals surface area contributed by atoms with Crippen LogP contribution < -0.4 is 9.62 Å². The van der Waals surface area contributed by atoms with Gasteiger partial charge in [0, 0.05) is 25.8 Å². The summed E-state index contributed by atoms with van der Waals surface area (Å²) >= 11 is 0. The summed E-state index contributed by atoms with van der Waals surface area (Å²) in [4.78, 5) is 11.8. The number of hydrogen-bond acceptors (Lipinski definition) is 4. The van der Waals surface area contributed by atoms with Gasteiger partial charge in [-0.15, -0.1) is 0 Å². The molecule has 6 nitrogen and oxygen atoms in total. The summed E-state index contributed by atoms with van der Waals surface area (Å²) in [6.07, 6.45) is 0.640. The summed E-state index contributed by atoms with van der Waals surface area (Å²) < 4.78 is 29.8. The quantitative estimate of drug-likeness (QED) is 0.808. The van der Waals surface area contributed by atoms with E-state index >= 15 is 0 Å². The maximum Gasteiger partial charge on any atom is 0.251 e. The molecule has 0 aliphatic carbocycles. The number of carbonyl (C=O) groups is 1. The van der Waals surface area contributed by atoms with Gasteiger partial charge in [-0.25, -0.2) is 8.42 Å². The van der Waals surface area contributed by atoms with E-state index in [1.807, 2.05) is 0 Å². The van der Waals surface area contributed by atoms with Crippen LogP contribution in [0.5, 0.6) is 0 Å². The zero-order valence-corrected chi connectivity index (χ0v) is 12.1. The lowest BCUT2D eigenvalue weighted by Crippen LogP contribution is -2.27. The van der Waals surface area contributed by atoms with Crippen LogP contribution in [-0.4, -0.2) is 46.9 Å². The minimum atomic E-state index is -3.17. The molecule has 0 spiro atoms. The molecule has 110 valence electrons. The highest BCUT2D eigenvalue weighted by atomic mass is 32.2. The smallest absolute Gasteiger partial charge is 0.251 e. The van der Waals surface area contributed by atoms with Gasteiger partial charge in [0.05, 0.1) is 18.0 Å². The summed E-state index contributed by atoms with van der Waals surface area (Å²) in [5, 5.41) is 2.71. The van der Waals surface area contributed by atoms with E-state index in [9.17, 15) is 13.2 Å². The Morgan fingerprint density at radius 1 is 1.35 bits per heavy atom. The zero-order chi connectivity index (χ0) is 14.6. The molecule has 20 heavy (non-hydrogen) atoms. The average molecular weight is 298 g/mol. The minimum Gasteiger partial charge on any atom is -0.383 e. The van der Waals surface area contributed by atoms with Gasteiger partial charge in [0.2, 0.25) is 10.0 Å². The van der Waals surface area contributed by atoms with Gasteiger partial charge >= 0.3 is 0 Å². The molecule has 1 aromatic rings. The van der Waals surface area contributed by atoms with Crippen LogP contribution in [0.15, 0.2) is 24.3 Å². The van der Waals surface area contributed by atoms with Crippen molar-refractivity contribution in [3.8, 4) is 0 Å². The van der Waals surface area contributed by atoms with Gasteiger partial charge in [0.1, 0.15) is 0 Å². The third-order valence-electron chi connectivity index (χ3n) is 3.11. The van der Waals surface area contributed by atoms with Gasteiger partial charge < -0.3 is 10.1 Å². The van der Waals surface area contributed by atoms with Crippen molar-refractivity contribution >= 4 is 21.6 Å². The first-order valence-electron chi connectivity index (χ1n) is 6.42. The van der Waals surface area contributed by atoms with E-state index in [1.54, 1.807) is 31.4 Å². The maximum absolute atomic E-state index is 11.8. The predicted molar refractivity (Wildman–Crippen MR) is 76.4 cm³/mol. The largest absolute Gasteiger partial charge is 0.383 e. The molecule has 0 atom stereocenters. The Hall–Kier alpha value is -1.60. The van der Waals surface area contributed by atoms with Crippen LogP contribution >= 0.6 is 0 Å². The molecule has 0 unspecified atom stereocenters. The average Bonchev–Trinajstić information content (AvgIpc) is 2.79. The summed E-state index contributed by atoms with van der Waals surface area (Å²) in [6, 6.07) is 6.58. The first-order chi connectivity index (χ1) is 9.54. The highest BCUT2D eigenvalue weighted by molar-refractivity contribution is 7.93. The Labute approximate surface area is 118 Å². The second kappa shape index (κ2) is 6.23. The van der Waals surface area contributed by atoms with Gasteiger partial charge in [0.15, 0.2) is 0 Å². The molecule has 0 saturated carbocycles. The molecule has 0 aromatic heterocycles. The third kappa shape index (κ3) is 3.29. The standard InChI is InChI=1S/C13H18N2O4S/c1-19-9-7-14-13(16)11-3-5-12(6-4-11)15-8-2-10-20(15,17)18/h3-6H,2,7-10H2,1H3,(H,14,16). The highest BCUT2D eigenvalue weighted by Gasteiger charge is 2.28. The van der Waals surface area contributed by atoms with Crippen molar-refractivity contribution in [3.05, 3.63) is 29.8 Å². The van der Waals surface area contributed by atoms with Crippen LogP contribution in [-0.2, 0) is 14.8 Å². The zero-order valence-electron chi connectivity index (χ0n) is 11.3. The van der Waals surface area contributed by atoms with Crippen LogP contribution in [0.25, 0.3) is 0 Å². The molecular formula is C13H18N2O4S.